The first-order valence-electron chi connectivity index (χ1n) is 11.7. The molecule has 39 heavy (non-hydrogen) atoms. The standard InChI is InChI=1S/C29H22Cl3N3O3S/c1-17-26(29(37)38-15-18-7-3-2-4-8-18)27(20-9-5-6-10-22(20)30)21(14-33)28(34-17)39-16-25(36)35-19-11-12-23(31)24(32)13-19/h2-13,27,34H,15-16H2,1H3,(H,35,36)/t27-/m0/s1. The molecule has 0 radical (unpaired) electrons. The molecule has 1 atom stereocenters. The fourth-order valence-corrected chi connectivity index (χ4v) is 5.46. The number of hydrogen-bond acceptors (Lipinski definition) is 6. The Morgan fingerprint density at radius 2 is 1.72 bits per heavy atom. The quantitative estimate of drug-likeness (QED) is 0.262. The van der Waals surface area contributed by atoms with E-state index in [0.29, 0.717) is 37.0 Å². The van der Waals surface area contributed by atoms with Gasteiger partial charge in [-0.05, 0) is 42.3 Å². The summed E-state index contributed by atoms with van der Waals surface area (Å²) in [4.78, 5) is 26.1. The van der Waals surface area contributed by atoms with Crippen molar-refractivity contribution < 1.29 is 14.3 Å². The van der Waals surface area contributed by atoms with E-state index in [2.05, 4.69) is 16.7 Å². The Kier molecular flexibility index (Phi) is 9.60. The first kappa shape index (κ1) is 28.6. The zero-order valence-electron chi connectivity index (χ0n) is 20.6. The van der Waals surface area contributed by atoms with Gasteiger partial charge in [0.2, 0.25) is 5.91 Å². The predicted octanol–water partition coefficient (Wildman–Crippen LogP) is 7.46. The van der Waals surface area contributed by atoms with Crippen LogP contribution in [0.15, 0.2) is 94.7 Å². The number of rotatable bonds is 8. The SMILES string of the molecule is CC1=C(C(=O)OCc2ccccc2)[C@@H](c2ccccc2Cl)C(C#N)=C(SCC(=O)Nc2ccc(Cl)c(Cl)c2)N1. The number of amides is 1. The normalized spacial score (nSPS) is 14.9. The van der Waals surface area contributed by atoms with E-state index in [-0.39, 0.29) is 29.4 Å². The van der Waals surface area contributed by atoms with Crippen LogP contribution in [0.1, 0.15) is 24.0 Å². The molecule has 3 aromatic rings. The lowest BCUT2D eigenvalue weighted by Crippen LogP contribution is -2.29. The van der Waals surface area contributed by atoms with Crippen molar-refractivity contribution in [3.8, 4) is 6.07 Å². The molecule has 2 N–H and O–H groups in total. The fraction of sp³-hybridized carbons (Fsp3) is 0.138. The number of carbonyl (C=O) groups excluding carboxylic acids is 2. The molecule has 10 heteroatoms. The number of halogens is 3. The zero-order valence-corrected chi connectivity index (χ0v) is 23.7. The number of anilines is 1. The van der Waals surface area contributed by atoms with Gasteiger partial charge in [0.1, 0.15) is 6.61 Å². The Morgan fingerprint density at radius 1 is 1.00 bits per heavy atom. The van der Waals surface area contributed by atoms with Gasteiger partial charge in [-0.1, -0.05) is 95.1 Å². The van der Waals surface area contributed by atoms with E-state index >= 15 is 0 Å². The zero-order chi connectivity index (χ0) is 27.9. The Morgan fingerprint density at radius 3 is 2.41 bits per heavy atom. The summed E-state index contributed by atoms with van der Waals surface area (Å²) < 4.78 is 5.64. The summed E-state index contributed by atoms with van der Waals surface area (Å²) in [6, 6.07) is 23.4. The minimum atomic E-state index is -0.783. The second-order valence-corrected chi connectivity index (χ2v) is 10.7. The van der Waals surface area contributed by atoms with Gasteiger partial charge >= 0.3 is 5.97 Å². The van der Waals surface area contributed by atoms with Gasteiger partial charge in [0.05, 0.1) is 44.0 Å². The molecule has 0 fully saturated rings. The molecule has 3 aromatic carbocycles. The van der Waals surface area contributed by atoms with Crippen molar-refractivity contribution in [2.45, 2.75) is 19.4 Å². The summed E-state index contributed by atoms with van der Waals surface area (Å²) in [7, 11) is 0. The van der Waals surface area contributed by atoms with E-state index in [1.165, 1.54) is 0 Å². The molecular formula is C29H22Cl3N3O3S. The number of benzene rings is 3. The summed E-state index contributed by atoms with van der Waals surface area (Å²) in [5, 5.41) is 17.7. The molecule has 1 aliphatic heterocycles. The Labute approximate surface area is 245 Å². The first-order valence-corrected chi connectivity index (χ1v) is 13.9. The topological polar surface area (TPSA) is 91.2 Å². The summed E-state index contributed by atoms with van der Waals surface area (Å²) in [5.41, 5.74) is 2.95. The number of carbonyl (C=O) groups is 2. The second kappa shape index (κ2) is 13.1. The van der Waals surface area contributed by atoms with E-state index in [0.717, 1.165) is 17.3 Å². The maximum atomic E-state index is 13.4. The predicted molar refractivity (Wildman–Crippen MR) is 156 cm³/mol. The van der Waals surface area contributed by atoms with Crippen LogP contribution in [0.3, 0.4) is 0 Å². The van der Waals surface area contributed by atoms with Gasteiger partial charge in [0.15, 0.2) is 0 Å². The smallest absolute Gasteiger partial charge is 0.337 e. The third-order valence-electron chi connectivity index (χ3n) is 5.85. The van der Waals surface area contributed by atoms with Crippen LogP contribution in [0.4, 0.5) is 5.69 Å². The second-order valence-electron chi connectivity index (χ2n) is 8.50. The molecule has 0 saturated heterocycles. The summed E-state index contributed by atoms with van der Waals surface area (Å²) >= 11 is 19.7. The fourth-order valence-electron chi connectivity index (χ4n) is 4.03. The lowest BCUT2D eigenvalue weighted by molar-refractivity contribution is -0.140. The molecule has 0 saturated carbocycles. The van der Waals surface area contributed by atoms with Crippen LogP contribution >= 0.6 is 46.6 Å². The Bertz CT molecular complexity index is 1520. The van der Waals surface area contributed by atoms with Crippen LogP contribution in [0.25, 0.3) is 0 Å². The van der Waals surface area contributed by atoms with Gasteiger partial charge in [-0.3, -0.25) is 4.79 Å². The van der Waals surface area contributed by atoms with Gasteiger partial charge in [0, 0.05) is 16.4 Å². The number of esters is 1. The molecule has 0 unspecified atom stereocenters. The molecule has 1 amide bonds. The Balaban J connectivity index is 1.59. The van der Waals surface area contributed by atoms with E-state index < -0.39 is 11.9 Å². The maximum Gasteiger partial charge on any atom is 0.337 e. The molecule has 1 aliphatic rings. The third kappa shape index (κ3) is 6.97. The van der Waals surface area contributed by atoms with E-state index in [9.17, 15) is 14.9 Å². The molecule has 0 spiro atoms. The highest BCUT2D eigenvalue weighted by Gasteiger charge is 2.36. The number of hydrogen-bond donors (Lipinski definition) is 2. The number of nitrogens with zero attached hydrogens (tertiary/aromatic N) is 1. The summed E-state index contributed by atoms with van der Waals surface area (Å²) in [6.07, 6.45) is 0. The van der Waals surface area contributed by atoms with E-state index in [1.807, 2.05) is 30.3 Å². The molecule has 6 nitrogen and oxygen atoms in total. The number of dihydropyridines is 1. The molecule has 0 bridgehead atoms. The maximum absolute atomic E-state index is 13.4. The minimum absolute atomic E-state index is 0.00985. The van der Waals surface area contributed by atoms with Crippen molar-refractivity contribution in [2.24, 2.45) is 0 Å². The van der Waals surface area contributed by atoms with Gasteiger partial charge in [-0.25, -0.2) is 4.79 Å². The number of ether oxygens (including phenoxy) is 1. The van der Waals surface area contributed by atoms with Crippen LogP contribution in [0.5, 0.6) is 0 Å². The van der Waals surface area contributed by atoms with E-state index in [1.54, 1.807) is 49.4 Å². The van der Waals surface area contributed by atoms with Crippen molar-refractivity contribution in [2.75, 3.05) is 11.1 Å². The molecule has 0 aromatic heterocycles. The van der Waals surface area contributed by atoms with Crippen LogP contribution in [-0.4, -0.2) is 17.6 Å². The largest absolute Gasteiger partial charge is 0.457 e. The number of allylic oxidation sites excluding steroid dienone is 2. The van der Waals surface area contributed by atoms with Gasteiger partial charge in [0.25, 0.3) is 0 Å². The first-order chi connectivity index (χ1) is 18.8. The molecule has 198 valence electrons. The summed E-state index contributed by atoms with van der Waals surface area (Å²) in [6.45, 7) is 1.81. The van der Waals surface area contributed by atoms with Crippen molar-refractivity contribution in [3.63, 3.8) is 0 Å². The lowest BCUT2D eigenvalue weighted by atomic mass is 9.82. The van der Waals surface area contributed by atoms with Crippen LogP contribution in [0.2, 0.25) is 15.1 Å². The van der Waals surface area contributed by atoms with Crippen molar-refractivity contribution in [1.82, 2.24) is 5.32 Å². The number of nitrogens with one attached hydrogen (secondary N) is 2. The van der Waals surface area contributed by atoms with Gasteiger partial charge in [-0.15, -0.1) is 0 Å². The average Bonchev–Trinajstić information content (AvgIpc) is 2.93. The summed E-state index contributed by atoms with van der Waals surface area (Å²) in [5.74, 6) is -1.67. The molecular weight excluding hydrogens is 577 g/mol. The molecule has 0 aliphatic carbocycles. The number of thioether (sulfide) groups is 1. The average molecular weight is 599 g/mol. The van der Waals surface area contributed by atoms with Gasteiger partial charge in [-0.2, -0.15) is 5.26 Å². The number of nitriles is 1. The van der Waals surface area contributed by atoms with Crippen molar-refractivity contribution >= 4 is 64.1 Å². The van der Waals surface area contributed by atoms with Gasteiger partial charge < -0.3 is 15.4 Å². The monoisotopic (exact) mass is 597 g/mol. The molecule has 1 heterocycles. The Hall–Kier alpha value is -3.41. The highest BCUT2D eigenvalue weighted by atomic mass is 35.5. The lowest BCUT2D eigenvalue weighted by Gasteiger charge is -2.29. The van der Waals surface area contributed by atoms with Crippen LogP contribution < -0.4 is 10.6 Å². The third-order valence-corrected chi connectivity index (χ3v) is 7.95. The molecule has 4 rings (SSSR count). The van der Waals surface area contributed by atoms with Crippen molar-refractivity contribution in [3.05, 3.63) is 121 Å². The van der Waals surface area contributed by atoms with E-state index in [4.69, 9.17) is 39.5 Å². The highest BCUT2D eigenvalue weighted by Crippen LogP contribution is 2.43. The van der Waals surface area contributed by atoms with Crippen LogP contribution in [-0.2, 0) is 20.9 Å². The highest BCUT2D eigenvalue weighted by molar-refractivity contribution is 8.03. The minimum Gasteiger partial charge on any atom is -0.457 e. The van der Waals surface area contributed by atoms with Crippen LogP contribution in [0, 0.1) is 11.3 Å². The van der Waals surface area contributed by atoms with Crippen molar-refractivity contribution in [1.29, 1.82) is 5.26 Å².